The van der Waals surface area contributed by atoms with Gasteiger partial charge < -0.3 is 0 Å². The van der Waals surface area contributed by atoms with Crippen LogP contribution in [0.1, 0.15) is 33.8 Å². The van der Waals surface area contributed by atoms with E-state index in [1.165, 1.54) is 0 Å². The van der Waals surface area contributed by atoms with Crippen molar-refractivity contribution in [2.75, 3.05) is 0 Å². The second-order valence-corrected chi connectivity index (χ2v) is 5.78. The molecule has 0 spiro atoms. The molecule has 21 heavy (non-hydrogen) atoms. The number of Topliss-reactive ketones (excluding diaryl/α,β-unsaturated/α-hetero) is 1. The molecule has 0 aromatic heterocycles. The Labute approximate surface area is 132 Å². The van der Waals surface area contributed by atoms with Crippen LogP contribution in [0.4, 0.5) is 0 Å². The number of carbonyl (C=O) groups excluding carboxylic acids is 1. The molecule has 0 fully saturated rings. The molecule has 0 N–H and O–H groups in total. The Bertz CT molecular complexity index is 661. The van der Waals surface area contributed by atoms with Gasteiger partial charge in [-0.25, -0.2) is 0 Å². The lowest BCUT2D eigenvalue weighted by Gasteiger charge is -2.14. The molecule has 0 heterocycles. The monoisotopic (exact) mass is 296 g/mol. The minimum atomic E-state index is 0.00896. The van der Waals surface area contributed by atoms with Crippen molar-refractivity contribution in [3.8, 4) is 0 Å². The highest BCUT2D eigenvalue weighted by atomic mass is 35.5. The molecule has 0 radical (unpaired) electrons. The van der Waals surface area contributed by atoms with Crippen LogP contribution < -0.4 is 5.46 Å². The van der Waals surface area contributed by atoms with Crippen LogP contribution >= 0.6 is 11.6 Å². The van der Waals surface area contributed by atoms with E-state index in [4.69, 9.17) is 11.6 Å². The van der Waals surface area contributed by atoms with Gasteiger partial charge in [-0.3, -0.25) is 4.79 Å². The first-order chi connectivity index (χ1) is 10.0. The number of aryl methyl sites for hydroxylation is 1. The zero-order chi connectivity index (χ0) is 15.4. The van der Waals surface area contributed by atoms with Crippen LogP contribution in [0.2, 0.25) is 5.02 Å². The van der Waals surface area contributed by atoms with E-state index in [1.54, 1.807) is 0 Å². The Balaban J connectivity index is 2.22. The summed E-state index contributed by atoms with van der Waals surface area (Å²) >= 11 is 5.91. The number of allylic oxidation sites excluding steroid dienone is 1. The molecular weight excluding hydrogens is 278 g/mol. The van der Waals surface area contributed by atoms with Gasteiger partial charge in [-0.1, -0.05) is 53.5 Å². The number of hydrogen-bond acceptors (Lipinski definition) is 1. The molecule has 0 aliphatic heterocycles. The average Bonchev–Trinajstić information content (AvgIpc) is 2.48. The Hall–Kier alpha value is -1.80. The first-order valence-corrected chi connectivity index (χ1v) is 7.37. The van der Waals surface area contributed by atoms with Crippen molar-refractivity contribution in [1.29, 1.82) is 0 Å². The van der Waals surface area contributed by atoms with Gasteiger partial charge in [-0.05, 0) is 30.2 Å². The summed E-state index contributed by atoms with van der Waals surface area (Å²) < 4.78 is 0. The normalized spacial score (nSPS) is 11.9. The van der Waals surface area contributed by atoms with Crippen molar-refractivity contribution in [3.63, 3.8) is 0 Å². The fourth-order valence-electron chi connectivity index (χ4n) is 2.39. The maximum atomic E-state index is 12.6. The summed E-state index contributed by atoms with van der Waals surface area (Å²) in [7, 11) is 2.00. The number of ketones is 1. The van der Waals surface area contributed by atoms with Gasteiger partial charge in [0.15, 0.2) is 5.78 Å². The zero-order valence-corrected chi connectivity index (χ0v) is 13.2. The van der Waals surface area contributed by atoms with Crippen LogP contribution in [-0.4, -0.2) is 13.6 Å². The molecule has 0 saturated heterocycles. The van der Waals surface area contributed by atoms with Crippen molar-refractivity contribution in [1.82, 2.24) is 0 Å². The van der Waals surface area contributed by atoms with Crippen LogP contribution in [0.15, 0.2) is 55.1 Å². The highest BCUT2D eigenvalue weighted by Gasteiger charge is 2.16. The van der Waals surface area contributed by atoms with Gasteiger partial charge in [0.1, 0.15) is 7.85 Å². The summed E-state index contributed by atoms with van der Waals surface area (Å²) in [5.41, 5.74) is 3.99. The molecule has 2 aromatic carbocycles. The third-order valence-electron chi connectivity index (χ3n) is 3.68. The Morgan fingerprint density at radius 1 is 1.29 bits per heavy atom. The van der Waals surface area contributed by atoms with E-state index < -0.39 is 0 Å². The fraction of sp³-hybridized carbons (Fsp3) is 0.167. The quantitative estimate of drug-likeness (QED) is 0.469. The molecule has 1 atom stereocenters. The Morgan fingerprint density at radius 2 is 1.95 bits per heavy atom. The third kappa shape index (κ3) is 3.86. The van der Waals surface area contributed by atoms with Crippen molar-refractivity contribution >= 4 is 30.7 Å². The second kappa shape index (κ2) is 6.77. The SMILES string of the molecule is Bc1ccc(C)c(C(=O)CC(C=C)c2ccc(Cl)cc2)c1. The molecule has 3 heteroatoms. The summed E-state index contributed by atoms with van der Waals surface area (Å²) in [5, 5.41) is 0.697. The van der Waals surface area contributed by atoms with Gasteiger partial charge in [-0.2, -0.15) is 0 Å². The molecule has 2 aromatic rings. The fourth-order valence-corrected chi connectivity index (χ4v) is 2.52. The minimum absolute atomic E-state index is 0.00896. The van der Waals surface area contributed by atoms with E-state index in [-0.39, 0.29) is 11.7 Å². The van der Waals surface area contributed by atoms with Crippen LogP contribution in [0, 0.1) is 6.92 Å². The minimum Gasteiger partial charge on any atom is -0.294 e. The number of hydrogen-bond donors (Lipinski definition) is 0. The molecule has 2 rings (SSSR count). The maximum absolute atomic E-state index is 12.6. The standard InChI is InChI=1S/C18H18BClO/c1-3-13(14-5-8-16(20)9-6-14)10-18(21)17-11-15(19)7-4-12(17)2/h3-9,11,13H,1,10,19H2,2H3. The van der Waals surface area contributed by atoms with E-state index in [2.05, 4.69) is 6.58 Å². The van der Waals surface area contributed by atoms with Crippen LogP contribution in [0.3, 0.4) is 0 Å². The molecule has 1 unspecified atom stereocenters. The van der Waals surface area contributed by atoms with Gasteiger partial charge in [-0.15, -0.1) is 6.58 Å². The van der Waals surface area contributed by atoms with Crippen molar-refractivity contribution in [3.05, 3.63) is 76.8 Å². The molecule has 0 amide bonds. The number of rotatable bonds is 5. The molecular formula is C18H18BClO. The summed E-state index contributed by atoms with van der Waals surface area (Å²) in [6, 6.07) is 13.6. The van der Waals surface area contributed by atoms with Crippen molar-refractivity contribution in [2.45, 2.75) is 19.3 Å². The van der Waals surface area contributed by atoms with Crippen LogP contribution in [0.5, 0.6) is 0 Å². The Morgan fingerprint density at radius 3 is 2.57 bits per heavy atom. The number of carbonyl (C=O) groups is 1. The molecule has 1 nitrogen and oxygen atoms in total. The van der Waals surface area contributed by atoms with E-state index in [0.29, 0.717) is 11.4 Å². The first kappa shape index (κ1) is 15.6. The van der Waals surface area contributed by atoms with Crippen molar-refractivity contribution < 1.29 is 4.79 Å². The highest BCUT2D eigenvalue weighted by Crippen LogP contribution is 2.25. The first-order valence-electron chi connectivity index (χ1n) is 6.99. The largest absolute Gasteiger partial charge is 0.294 e. The highest BCUT2D eigenvalue weighted by molar-refractivity contribution is 6.32. The number of halogens is 1. The smallest absolute Gasteiger partial charge is 0.164 e. The zero-order valence-electron chi connectivity index (χ0n) is 12.4. The molecule has 0 aliphatic rings. The van der Waals surface area contributed by atoms with Gasteiger partial charge >= 0.3 is 0 Å². The maximum Gasteiger partial charge on any atom is 0.164 e. The van der Waals surface area contributed by atoms with Crippen LogP contribution in [-0.2, 0) is 0 Å². The lowest BCUT2D eigenvalue weighted by molar-refractivity contribution is 0.0978. The second-order valence-electron chi connectivity index (χ2n) is 5.34. The van der Waals surface area contributed by atoms with Gasteiger partial charge in [0.05, 0.1) is 0 Å². The Kier molecular flexibility index (Phi) is 5.03. The van der Waals surface area contributed by atoms with E-state index in [1.807, 2.05) is 63.3 Å². The summed E-state index contributed by atoms with van der Waals surface area (Å²) in [5.74, 6) is 0.158. The van der Waals surface area contributed by atoms with Gasteiger partial charge in [0.2, 0.25) is 0 Å². The van der Waals surface area contributed by atoms with Gasteiger partial charge in [0, 0.05) is 22.9 Å². The molecule has 106 valence electrons. The third-order valence-corrected chi connectivity index (χ3v) is 3.93. The van der Waals surface area contributed by atoms with E-state index in [9.17, 15) is 4.79 Å². The topological polar surface area (TPSA) is 17.1 Å². The van der Waals surface area contributed by atoms with Gasteiger partial charge in [0.25, 0.3) is 0 Å². The van der Waals surface area contributed by atoms with Crippen molar-refractivity contribution in [2.24, 2.45) is 0 Å². The summed E-state index contributed by atoms with van der Waals surface area (Å²) in [6.07, 6.45) is 2.25. The predicted octanol–water partition coefficient (Wildman–Crippen LogP) is 3.45. The lowest BCUT2D eigenvalue weighted by atomic mass is 9.87. The molecule has 0 saturated carbocycles. The van der Waals surface area contributed by atoms with E-state index >= 15 is 0 Å². The summed E-state index contributed by atoms with van der Waals surface area (Å²) in [4.78, 5) is 12.6. The lowest BCUT2D eigenvalue weighted by Crippen LogP contribution is -2.12. The average molecular weight is 297 g/mol. The predicted molar refractivity (Wildman–Crippen MR) is 92.7 cm³/mol. The molecule has 0 bridgehead atoms. The molecule has 0 aliphatic carbocycles. The summed E-state index contributed by atoms with van der Waals surface area (Å²) in [6.45, 7) is 5.83. The van der Waals surface area contributed by atoms with Crippen LogP contribution in [0.25, 0.3) is 0 Å². The van der Waals surface area contributed by atoms with E-state index in [0.717, 1.165) is 22.2 Å². The number of benzene rings is 2.